The average molecular weight is 148 g/mol. The molecule has 0 aromatic rings. The number of carbonyl (C=O) groups is 2. The second kappa shape index (κ2) is 3.35. The molecule has 1 aliphatic rings. The second-order valence-corrected chi connectivity index (χ2v) is 1.57. The van der Waals surface area contributed by atoms with Crippen LogP contribution in [0.3, 0.4) is 0 Å². The first kappa shape index (κ1) is 8.30. The van der Waals surface area contributed by atoms with E-state index in [1.54, 1.807) is 0 Å². The molecule has 0 aliphatic carbocycles. The molecule has 0 atom stereocenters. The molecule has 0 saturated heterocycles. The Hall–Kier alpha value is -0.700. The summed E-state index contributed by atoms with van der Waals surface area (Å²) in [6.45, 7) is 0.0544. The molecule has 0 spiro atoms. The van der Waals surface area contributed by atoms with Gasteiger partial charge >= 0.3 is 0 Å². The topological polar surface area (TPSA) is 46.5 Å². The van der Waals surface area contributed by atoms with E-state index in [0.29, 0.717) is 0 Å². The molecule has 0 saturated carbocycles. The summed E-state index contributed by atoms with van der Waals surface area (Å²) in [5.41, 5.74) is 0. The third-order valence-corrected chi connectivity index (χ3v) is 0.952. The zero-order valence-corrected chi connectivity index (χ0v) is 5.48. The highest BCUT2D eigenvalue weighted by Gasteiger charge is 2.13. The van der Waals surface area contributed by atoms with Crippen LogP contribution in [0.2, 0.25) is 0 Å². The van der Waals surface area contributed by atoms with E-state index in [1.807, 2.05) is 0 Å². The van der Waals surface area contributed by atoms with E-state index >= 15 is 0 Å². The molecule has 0 radical (unpaired) electrons. The van der Waals surface area contributed by atoms with Gasteiger partial charge in [0.25, 0.3) is 0 Å². The van der Waals surface area contributed by atoms with Crippen LogP contribution in [-0.4, -0.2) is 24.3 Å². The maximum Gasteiger partial charge on any atom is 0.220 e. The summed E-state index contributed by atoms with van der Waals surface area (Å²) in [4.78, 5) is 24.3. The second-order valence-electron chi connectivity index (χ2n) is 1.57. The van der Waals surface area contributed by atoms with E-state index in [4.69, 9.17) is 0 Å². The number of rotatable bonds is 0. The van der Waals surface area contributed by atoms with Crippen molar-refractivity contribution in [3.63, 3.8) is 0 Å². The van der Waals surface area contributed by atoms with Crippen LogP contribution in [0.5, 0.6) is 0 Å². The number of ketones is 2. The highest BCUT2D eigenvalue weighted by molar-refractivity contribution is 6.41. The largest absolute Gasteiger partial charge is 0.290 e. The minimum atomic E-state index is -0.368. The van der Waals surface area contributed by atoms with Crippen LogP contribution in [0, 0.1) is 0 Å². The number of hydrogen-bond acceptors (Lipinski definition) is 3. The van der Waals surface area contributed by atoms with Gasteiger partial charge in [0, 0.05) is 12.6 Å². The Morgan fingerprint density at radius 1 is 1.33 bits per heavy atom. The van der Waals surface area contributed by atoms with Crippen molar-refractivity contribution in [2.45, 2.75) is 6.42 Å². The molecular weight excluding hydrogens is 142 g/mol. The fourth-order valence-corrected chi connectivity index (χ4v) is 0.497. The lowest BCUT2D eigenvalue weighted by molar-refractivity contribution is -0.135. The molecule has 1 heterocycles. The van der Waals surface area contributed by atoms with Gasteiger partial charge in [-0.3, -0.25) is 14.6 Å². The summed E-state index contributed by atoms with van der Waals surface area (Å²) in [7, 11) is 0. The lowest BCUT2D eigenvalue weighted by atomic mass is 10.2. The van der Waals surface area contributed by atoms with Gasteiger partial charge in [0.1, 0.15) is 6.54 Å². The molecule has 0 amide bonds. The van der Waals surface area contributed by atoms with Crippen molar-refractivity contribution in [2.75, 3.05) is 6.54 Å². The van der Waals surface area contributed by atoms with Crippen LogP contribution >= 0.6 is 12.4 Å². The third-order valence-electron chi connectivity index (χ3n) is 0.952. The van der Waals surface area contributed by atoms with Crippen LogP contribution in [0.1, 0.15) is 6.42 Å². The Kier molecular flexibility index (Phi) is 3.09. The number of carbonyl (C=O) groups excluding carboxylic acids is 2. The molecule has 0 N–H and O–H groups in total. The van der Waals surface area contributed by atoms with E-state index < -0.39 is 0 Å². The molecule has 4 heteroatoms. The molecule has 0 fully saturated rings. The minimum absolute atomic E-state index is 0. The minimum Gasteiger partial charge on any atom is -0.290 e. The third kappa shape index (κ3) is 1.93. The monoisotopic (exact) mass is 147 g/mol. The molecule has 0 aromatic carbocycles. The van der Waals surface area contributed by atoms with E-state index in [-0.39, 0.29) is 36.9 Å². The Morgan fingerprint density at radius 3 is 2.33 bits per heavy atom. The first-order valence-corrected chi connectivity index (χ1v) is 2.35. The summed E-state index contributed by atoms with van der Waals surface area (Å²) < 4.78 is 0. The fraction of sp³-hybridized carbons (Fsp3) is 0.400. The van der Waals surface area contributed by atoms with Gasteiger partial charge in [0.15, 0.2) is 0 Å². The fourth-order valence-electron chi connectivity index (χ4n) is 0.497. The van der Waals surface area contributed by atoms with Crippen molar-refractivity contribution < 1.29 is 9.59 Å². The highest BCUT2D eigenvalue weighted by atomic mass is 35.5. The Morgan fingerprint density at radius 2 is 2.00 bits per heavy atom. The van der Waals surface area contributed by atoms with Gasteiger partial charge in [0.05, 0.1) is 0 Å². The van der Waals surface area contributed by atoms with Crippen molar-refractivity contribution in [2.24, 2.45) is 4.99 Å². The smallest absolute Gasteiger partial charge is 0.220 e. The Labute approximate surface area is 58.6 Å². The van der Waals surface area contributed by atoms with E-state index in [2.05, 4.69) is 4.99 Å². The first-order chi connectivity index (χ1) is 3.80. The van der Waals surface area contributed by atoms with Crippen LogP contribution < -0.4 is 0 Å². The molecule has 0 aromatic heterocycles. The molecule has 0 unspecified atom stereocenters. The number of Topliss-reactive ketones (excluding diaryl/α,β-unsaturated/α-hetero) is 2. The van der Waals surface area contributed by atoms with Crippen LogP contribution in [-0.2, 0) is 9.59 Å². The highest BCUT2D eigenvalue weighted by Crippen LogP contribution is 1.89. The summed E-state index contributed by atoms with van der Waals surface area (Å²) >= 11 is 0. The van der Waals surface area contributed by atoms with Gasteiger partial charge in [-0.25, -0.2) is 0 Å². The standard InChI is InChI=1S/C5H5NO2.ClH/c7-4-1-2-6-3-5(4)8;/h2H,1,3H2;1H. The lowest BCUT2D eigenvalue weighted by Crippen LogP contribution is -2.20. The van der Waals surface area contributed by atoms with Crippen LogP contribution in [0.4, 0.5) is 0 Å². The number of hydrogen-bond donors (Lipinski definition) is 0. The SMILES string of the molecule is Cl.O=C1CC=NCC1=O. The molecule has 1 aliphatic heterocycles. The molecular formula is C5H6ClNO2. The Bertz CT molecular complexity index is 146. The van der Waals surface area contributed by atoms with Gasteiger partial charge in [-0.15, -0.1) is 12.4 Å². The van der Waals surface area contributed by atoms with Crippen LogP contribution in [0.25, 0.3) is 0 Å². The Balaban J connectivity index is 0.000000640. The number of nitrogens with zero attached hydrogens (tertiary/aromatic N) is 1. The van der Waals surface area contributed by atoms with Crippen molar-refractivity contribution >= 4 is 30.2 Å². The predicted octanol–water partition coefficient (Wildman–Crippen LogP) is 0.0209. The van der Waals surface area contributed by atoms with E-state index in [0.717, 1.165) is 0 Å². The van der Waals surface area contributed by atoms with Gasteiger partial charge in [-0.05, 0) is 0 Å². The van der Waals surface area contributed by atoms with Gasteiger partial charge in [0.2, 0.25) is 11.6 Å². The predicted molar refractivity (Wildman–Crippen MR) is 35.2 cm³/mol. The molecule has 9 heavy (non-hydrogen) atoms. The summed E-state index contributed by atoms with van der Waals surface area (Å²) in [5, 5.41) is 0. The van der Waals surface area contributed by atoms with Gasteiger partial charge in [-0.2, -0.15) is 0 Å². The first-order valence-electron chi connectivity index (χ1n) is 2.35. The molecule has 50 valence electrons. The number of halogens is 1. The summed E-state index contributed by atoms with van der Waals surface area (Å²) in [6.07, 6.45) is 1.67. The van der Waals surface area contributed by atoms with Gasteiger partial charge in [-0.1, -0.05) is 0 Å². The normalized spacial score (nSPS) is 17.3. The zero-order valence-electron chi connectivity index (χ0n) is 4.66. The molecule has 0 bridgehead atoms. The number of aliphatic imine (C=N–C) groups is 1. The van der Waals surface area contributed by atoms with Crippen LogP contribution in [0.15, 0.2) is 4.99 Å². The summed E-state index contributed by atoms with van der Waals surface area (Å²) in [5.74, 6) is -0.687. The average Bonchev–Trinajstić information content (AvgIpc) is 1.77. The maximum absolute atomic E-state index is 10.4. The van der Waals surface area contributed by atoms with Gasteiger partial charge < -0.3 is 0 Å². The van der Waals surface area contributed by atoms with E-state index in [1.165, 1.54) is 6.21 Å². The molecule has 1 rings (SSSR count). The lowest BCUT2D eigenvalue weighted by Gasteiger charge is -1.96. The zero-order chi connectivity index (χ0) is 5.98. The van der Waals surface area contributed by atoms with Crippen molar-refractivity contribution in [3.8, 4) is 0 Å². The maximum atomic E-state index is 10.4. The summed E-state index contributed by atoms with van der Waals surface area (Å²) in [6, 6.07) is 0. The van der Waals surface area contributed by atoms with Crippen molar-refractivity contribution in [1.82, 2.24) is 0 Å². The quantitative estimate of drug-likeness (QED) is 0.454. The van der Waals surface area contributed by atoms with E-state index in [9.17, 15) is 9.59 Å². The molecule has 3 nitrogen and oxygen atoms in total. The van der Waals surface area contributed by atoms with Crippen molar-refractivity contribution in [1.29, 1.82) is 0 Å². The van der Waals surface area contributed by atoms with Crippen molar-refractivity contribution in [3.05, 3.63) is 0 Å².